The highest BCUT2D eigenvalue weighted by Gasteiger charge is 2.20. The van der Waals surface area contributed by atoms with E-state index in [0.717, 1.165) is 31.6 Å². The van der Waals surface area contributed by atoms with Crippen molar-refractivity contribution in [3.05, 3.63) is 12.2 Å². The lowest BCUT2D eigenvalue weighted by atomic mass is 9.81. The monoisotopic (exact) mass is 169 g/mol. The predicted molar refractivity (Wildman–Crippen MR) is 50.8 cm³/mol. The van der Waals surface area contributed by atoms with Crippen molar-refractivity contribution in [3.8, 4) is 0 Å². The van der Waals surface area contributed by atoms with Gasteiger partial charge in [0.1, 0.15) is 0 Å². The molecule has 1 aliphatic rings. The van der Waals surface area contributed by atoms with Gasteiger partial charge >= 0.3 is 0 Å². The molecule has 0 aromatic carbocycles. The molecule has 12 heavy (non-hydrogen) atoms. The van der Waals surface area contributed by atoms with Crippen molar-refractivity contribution in [1.82, 2.24) is 0 Å². The first-order valence-corrected chi connectivity index (χ1v) is 4.78. The summed E-state index contributed by atoms with van der Waals surface area (Å²) in [5.74, 6) is 0.726. The SMILES string of the molecule is C=C1CC(CCCO)CCC1N. The van der Waals surface area contributed by atoms with E-state index in [1.165, 1.54) is 12.0 Å². The zero-order valence-electron chi connectivity index (χ0n) is 7.63. The number of nitrogens with two attached hydrogens (primary N) is 1. The van der Waals surface area contributed by atoms with E-state index in [1.807, 2.05) is 0 Å². The molecule has 2 unspecified atom stereocenters. The summed E-state index contributed by atoms with van der Waals surface area (Å²) in [5.41, 5.74) is 7.02. The van der Waals surface area contributed by atoms with Crippen LogP contribution < -0.4 is 5.73 Å². The number of rotatable bonds is 3. The molecule has 2 atom stereocenters. The van der Waals surface area contributed by atoms with Crippen molar-refractivity contribution in [2.75, 3.05) is 6.61 Å². The fourth-order valence-corrected chi connectivity index (χ4v) is 1.87. The zero-order chi connectivity index (χ0) is 8.97. The van der Waals surface area contributed by atoms with Gasteiger partial charge in [-0.15, -0.1) is 0 Å². The average Bonchev–Trinajstić information content (AvgIpc) is 2.07. The molecule has 0 amide bonds. The first kappa shape index (κ1) is 9.75. The molecule has 1 rings (SSSR count). The summed E-state index contributed by atoms with van der Waals surface area (Å²) >= 11 is 0. The molecule has 1 aliphatic carbocycles. The lowest BCUT2D eigenvalue weighted by molar-refractivity contribution is 0.260. The molecule has 0 heterocycles. The van der Waals surface area contributed by atoms with E-state index in [9.17, 15) is 0 Å². The normalized spacial score (nSPS) is 30.7. The lowest BCUT2D eigenvalue weighted by Crippen LogP contribution is -2.28. The van der Waals surface area contributed by atoms with Gasteiger partial charge in [-0.05, 0) is 38.0 Å². The third-order valence-corrected chi connectivity index (χ3v) is 2.73. The standard InChI is InChI=1S/C10H19NO/c1-8-7-9(3-2-6-12)4-5-10(8)11/h9-10,12H,1-7,11H2. The number of aliphatic hydroxyl groups is 1. The molecule has 0 aromatic heterocycles. The van der Waals surface area contributed by atoms with Crippen LogP contribution in [0.2, 0.25) is 0 Å². The molecule has 0 radical (unpaired) electrons. The molecule has 70 valence electrons. The van der Waals surface area contributed by atoms with Gasteiger partial charge in [0, 0.05) is 12.6 Å². The highest BCUT2D eigenvalue weighted by atomic mass is 16.2. The summed E-state index contributed by atoms with van der Waals surface area (Å²) in [5, 5.41) is 8.67. The molecule has 2 heteroatoms. The molecular weight excluding hydrogens is 150 g/mol. The van der Waals surface area contributed by atoms with Gasteiger partial charge in [0.15, 0.2) is 0 Å². The predicted octanol–water partition coefficient (Wildman–Crippen LogP) is 1.44. The van der Waals surface area contributed by atoms with Crippen molar-refractivity contribution < 1.29 is 5.11 Å². The zero-order valence-corrected chi connectivity index (χ0v) is 7.63. The summed E-state index contributed by atoms with van der Waals surface area (Å²) in [7, 11) is 0. The second-order valence-corrected chi connectivity index (χ2v) is 3.78. The maximum atomic E-state index is 8.67. The van der Waals surface area contributed by atoms with E-state index < -0.39 is 0 Å². The van der Waals surface area contributed by atoms with Crippen LogP contribution in [-0.2, 0) is 0 Å². The van der Waals surface area contributed by atoms with Crippen molar-refractivity contribution in [1.29, 1.82) is 0 Å². The molecule has 0 bridgehead atoms. The minimum atomic E-state index is 0.232. The second kappa shape index (κ2) is 4.63. The Hall–Kier alpha value is -0.340. The van der Waals surface area contributed by atoms with Gasteiger partial charge < -0.3 is 10.8 Å². The van der Waals surface area contributed by atoms with Gasteiger partial charge in [0.25, 0.3) is 0 Å². The van der Waals surface area contributed by atoms with Crippen LogP contribution in [-0.4, -0.2) is 17.8 Å². The topological polar surface area (TPSA) is 46.2 Å². The Morgan fingerprint density at radius 2 is 2.25 bits per heavy atom. The van der Waals surface area contributed by atoms with Crippen LogP contribution in [0.5, 0.6) is 0 Å². The van der Waals surface area contributed by atoms with E-state index in [-0.39, 0.29) is 6.04 Å². The first-order valence-electron chi connectivity index (χ1n) is 4.78. The van der Waals surface area contributed by atoms with E-state index in [2.05, 4.69) is 6.58 Å². The molecule has 0 aliphatic heterocycles. The number of hydrogen-bond donors (Lipinski definition) is 2. The van der Waals surface area contributed by atoms with E-state index in [4.69, 9.17) is 10.8 Å². The van der Waals surface area contributed by atoms with Gasteiger partial charge in [-0.2, -0.15) is 0 Å². The highest BCUT2D eigenvalue weighted by molar-refractivity contribution is 5.08. The highest BCUT2D eigenvalue weighted by Crippen LogP contribution is 2.29. The molecule has 2 nitrogen and oxygen atoms in total. The molecule has 3 N–H and O–H groups in total. The largest absolute Gasteiger partial charge is 0.396 e. The van der Waals surface area contributed by atoms with E-state index >= 15 is 0 Å². The minimum Gasteiger partial charge on any atom is -0.396 e. The van der Waals surface area contributed by atoms with Gasteiger partial charge in [0.2, 0.25) is 0 Å². The molecular formula is C10H19NO. The maximum absolute atomic E-state index is 8.67. The second-order valence-electron chi connectivity index (χ2n) is 3.78. The summed E-state index contributed by atoms with van der Waals surface area (Å²) in [6.45, 7) is 4.28. The van der Waals surface area contributed by atoms with Gasteiger partial charge in [-0.3, -0.25) is 0 Å². The first-order chi connectivity index (χ1) is 5.74. The number of aliphatic hydroxyl groups excluding tert-OH is 1. The van der Waals surface area contributed by atoms with Crippen LogP contribution in [0.15, 0.2) is 12.2 Å². The molecule has 1 fully saturated rings. The van der Waals surface area contributed by atoms with E-state index in [1.54, 1.807) is 0 Å². The Kier molecular flexibility index (Phi) is 3.76. The van der Waals surface area contributed by atoms with Crippen LogP contribution in [0.25, 0.3) is 0 Å². The van der Waals surface area contributed by atoms with Crippen LogP contribution in [0.4, 0.5) is 0 Å². The summed E-state index contributed by atoms with van der Waals surface area (Å²) < 4.78 is 0. The van der Waals surface area contributed by atoms with Crippen molar-refractivity contribution in [2.45, 2.75) is 38.1 Å². The molecule has 0 saturated heterocycles. The Morgan fingerprint density at radius 1 is 1.50 bits per heavy atom. The van der Waals surface area contributed by atoms with Crippen LogP contribution in [0, 0.1) is 5.92 Å². The lowest BCUT2D eigenvalue weighted by Gasteiger charge is -2.28. The number of hydrogen-bond acceptors (Lipinski definition) is 2. The molecule has 0 aromatic rings. The smallest absolute Gasteiger partial charge is 0.0431 e. The van der Waals surface area contributed by atoms with Crippen molar-refractivity contribution in [3.63, 3.8) is 0 Å². The quantitative estimate of drug-likeness (QED) is 0.628. The Balaban J connectivity index is 2.25. The molecule has 0 spiro atoms. The summed E-state index contributed by atoms with van der Waals surface area (Å²) in [6.07, 6.45) is 5.41. The third kappa shape index (κ3) is 2.61. The van der Waals surface area contributed by atoms with Gasteiger partial charge in [0.05, 0.1) is 0 Å². The van der Waals surface area contributed by atoms with Crippen molar-refractivity contribution in [2.24, 2.45) is 11.7 Å². The fraction of sp³-hybridized carbons (Fsp3) is 0.800. The van der Waals surface area contributed by atoms with Crippen LogP contribution in [0.3, 0.4) is 0 Å². The van der Waals surface area contributed by atoms with E-state index in [0.29, 0.717) is 6.61 Å². The summed E-state index contributed by atoms with van der Waals surface area (Å²) in [4.78, 5) is 0. The Labute approximate surface area is 74.5 Å². The third-order valence-electron chi connectivity index (χ3n) is 2.73. The maximum Gasteiger partial charge on any atom is 0.0431 e. The van der Waals surface area contributed by atoms with Crippen molar-refractivity contribution >= 4 is 0 Å². The van der Waals surface area contributed by atoms with Gasteiger partial charge in [-0.1, -0.05) is 12.2 Å². The fourth-order valence-electron chi connectivity index (χ4n) is 1.87. The Morgan fingerprint density at radius 3 is 2.83 bits per heavy atom. The minimum absolute atomic E-state index is 0.232. The Bertz CT molecular complexity index is 154. The summed E-state index contributed by atoms with van der Waals surface area (Å²) in [6, 6.07) is 0.232. The van der Waals surface area contributed by atoms with Gasteiger partial charge in [-0.25, -0.2) is 0 Å². The molecule has 1 saturated carbocycles. The van der Waals surface area contributed by atoms with Crippen LogP contribution in [0.1, 0.15) is 32.1 Å². The van der Waals surface area contributed by atoms with Crippen LogP contribution >= 0.6 is 0 Å². The average molecular weight is 169 g/mol.